The molecule has 0 bridgehead atoms. The molecule has 0 spiro atoms. The molecule has 144 valence electrons. The molecule has 6 nitrogen and oxygen atoms in total. The van der Waals surface area contributed by atoms with Gasteiger partial charge in [0.1, 0.15) is 5.69 Å². The van der Waals surface area contributed by atoms with Crippen molar-refractivity contribution in [1.82, 2.24) is 14.3 Å². The summed E-state index contributed by atoms with van der Waals surface area (Å²) in [6, 6.07) is 16.2. The van der Waals surface area contributed by atoms with Gasteiger partial charge >= 0.3 is 0 Å². The van der Waals surface area contributed by atoms with Crippen molar-refractivity contribution < 1.29 is 0 Å². The predicted molar refractivity (Wildman–Crippen MR) is 116 cm³/mol. The second-order valence-corrected chi connectivity index (χ2v) is 7.02. The van der Waals surface area contributed by atoms with Crippen LogP contribution in [0, 0.1) is 20.4 Å². The molecule has 29 heavy (non-hydrogen) atoms. The van der Waals surface area contributed by atoms with Crippen molar-refractivity contribution >= 4 is 28.1 Å². The van der Waals surface area contributed by atoms with Gasteiger partial charge in [0.05, 0.1) is 24.0 Å². The molecular weight excluding hydrogens is 360 g/mol. The maximum atomic E-state index is 7.48. The van der Waals surface area contributed by atoms with E-state index in [0.29, 0.717) is 11.5 Å². The molecule has 0 aliphatic rings. The van der Waals surface area contributed by atoms with E-state index in [1.165, 1.54) is 6.20 Å². The molecule has 0 unspecified atom stereocenters. The van der Waals surface area contributed by atoms with Crippen molar-refractivity contribution in [1.29, 1.82) is 0 Å². The van der Waals surface area contributed by atoms with E-state index >= 15 is 0 Å². The fourth-order valence-electron chi connectivity index (χ4n) is 3.53. The van der Waals surface area contributed by atoms with Crippen LogP contribution in [-0.2, 0) is 6.54 Å². The number of azo groups is 1. The Hall–Kier alpha value is -3.72. The summed E-state index contributed by atoms with van der Waals surface area (Å²) in [5, 5.41) is 14.5. The summed E-state index contributed by atoms with van der Waals surface area (Å²) >= 11 is 0. The monoisotopic (exact) mass is 382 g/mol. The van der Waals surface area contributed by atoms with Crippen molar-refractivity contribution in [3.63, 3.8) is 0 Å². The minimum absolute atomic E-state index is 0.379. The number of para-hydroxylation sites is 1. The Morgan fingerprint density at radius 1 is 1.03 bits per heavy atom. The Kier molecular flexibility index (Phi) is 4.96. The predicted octanol–water partition coefficient (Wildman–Crippen LogP) is 6.82. The number of hydrogen-bond donors (Lipinski definition) is 0. The first-order valence-electron chi connectivity index (χ1n) is 9.66. The van der Waals surface area contributed by atoms with Crippen LogP contribution in [0.1, 0.15) is 24.6 Å². The molecule has 2 heterocycles. The quantitative estimate of drug-likeness (QED) is 0.276. The van der Waals surface area contributed by atoms with Crippen LogP contribution in [0.3, 0.4) is 0 Å². The van der Waals surface area contributed by atoms with Crippen LogP contribution in [-0.4, -0.2) is 14.3 Å². The molecule has 2 aromatic carbocycles. The number of hydrogen-bond acceptors (Lipinski definition) is 3. The lowest BCUT2D eigenvalue weighted by molar-refractivity contribution is 0.686. The number of aryl methyl sites for hydroxylation is 2. The van der Waals surface area contributed by atoms with Gasteiger partial charge in [0.25, 0.3) is 5.69 Å². The van der Waals surface area contributed by atoms with Gasteiger partial charge in [-0.05, 0) is 38.5 Å². The Balaban J connectivity index is 1.83. The summed E-state index contributed by atoms with van der Waals surface area (Å²) in [5.41, 5.74) is 5.45. The molecule has 0 amide bonds. The smallest absolute Gasteiger partial charge is 0.252 e. The van der Waals surface area contributed by atoms with Gasteiger partial charge in [0.2, 0.25) is 0 Å². The normalized spacial score (nSPS) is 11.4. The van der Waals surface area contributed by atoms with Crippen LogP contribution >= 0.6 is 0 Å². The molecule has 2 aromatic heterocycles. The summed E-state index contributed by atoms with van der Waals surface area (Å²) in [6.45, 7) is 14.7. The number of fused-ring (bicyclic) bond motifs is 1. The maximum Gasteiger partial charge on any atom is 0.252 e. The second-order valence-electron chi connectivity index (χ2n) is 7.02. The highest BCUT2D eigenvalue weighted by atomic mass is 15.4. The van der Waals surface area contributed by atoms with E-state index in [4.69, 9.17) is 6.57 Å². The van der Waals surface area contributed by atoms with E-state index in [0.717, 1.165) is 46.5 Å². The summed E-state index contributed by atoms with van der Waals surface area (Å²) in [7, 11) is 0. The van der Waals surface area contributed by atoms with Gasteiger partial charge in [0.15, 0.2) is 5.82 Å². The van der Waals surface area contributed by atoms with Gasteiger partial charge in [-0.15, -0.1) is 10.2 Å². The summed E-state index contributed by atoms with van der Waals surface area (Å²) in [6.07, 6.45) is 2.58. The molecular formula is C23H22N6. The average molecular weight is 382 g/mol. The number of benzene rings is 2. The lowest BCUT2D eigenvalue weighted by atomic mass is 10.2. The summed E-state index contributed by atoms with van der Waals surface area (Å²) < 4.78 is 3.94. The first kappa shape index (κ1) is 18.6. The third-order valence-electron chi connectivity index (χ3n) is 5.01. The first-order chi connectivity index (χ1) is 14.1. The van der Waals surface area contributed by atoms with Crippen LogP contribution in [0.15, 0.2) is 65.0 Å². The SMILES string of the molecule is [C-]#[N+]c1cnn(-c2ccc(C)cc2)c1N=Nc1c(C)n(CCC)c2ccccc12. The highest BCUT2D eigenvalue weighted by Crippen LogP contribution is 2.36. The van der Waals surface area contributed by atoms with Crippen LogP contribution < -0.4 is 0 Å². The third-order valence-corrected chi connectivity index (χ3v) is 5.01. The molecule has 4 rings (SSSR count). The van der Waals surface area contributed by atoms with Crippen molar-refractivity contribution in [3.05, 3.63) is 77.4 Å². The molecule has 0 aliphatic carbocycles. The first-order valence-corrected chi connectivity index (χ1v) is 9.66. The highest BCUT2D eigenvalue weighted by molar-refractivity contribution is 5.93. The number of rotatable bonds is 5. The minimum Gasteiger partial charge on any atom is -0.343 e. The van der Waals surface area contributed by atoms with Gasteiger partial charge in [-0.3, -0.25) is 0 Å². The van der Waals surface area contributed by atoms with Crippen molar-refractivity contribution in [3.8, 4) is 5.69 Å². The van der Waals surface area contributed by atoms with Crippen LogP contribution in [0.5, 0.6) is 0 Å². The Morgan fingerprint density at radius 3 is 2.52 bits per heavy atom. The topological polar surface area (TPSA) is 51.8 Å². The largest absolute Gasteiger partial charge is 0.343 e. The molecule has 6 heteroatoms. The van der Waals surface area contributed by atoms with E-state index in [2.05, 4.69) is 50.7 Å². The number of aromatic nitrogens is 3. The minimum atomic E-state index is 0.379. The van der Waals surface area contributed by atoms with E-state index in [-0.39, 0.29) is 0 Å². The van der Waals surface area contributed by atoms with Crippen molar-refractivity contribution in [2.45, 2.75) is 33.7 Å². The van der Waals surface area contributed by atoms with E-state index in [9.17, 15) is 0 Å². The number of nitrogens with zero attached hydrogens (tertiary/aromatic N) is 6. The molecule has 0 fully saturated rings. The summed E-state index contributed by atoms with van der Waals surface area (Å²) in [4.78, 5) is 3.57. The molecule has 0 N–H and O–H groups in total. The average Bonchev–Trinajstić information content (AvgIpc) is 3.26. The molecule has 0 saturated heterocycles. The standard InChI is InChI=1S/C23H22N6/c1-5-14-28-17(3)22(19-8-6-7-9-21(19)28)26-27-23-20(24-4)15-25-29(23)18-12-10-16(2)11-13-18/h6-13,15H,5,14H2,1-3H3. The van der Waals surface area contributed by atoms with Gasteiger partial charge < -0.3 is 4.57 Å². The third kappa shape index (κ3) is 3.32. The second kappa shape index (κ2) is 7.72. The van der Waals surface area contributed by atoms with Crippen molar-refractivity contribution in [2.75, 3.05) is 0 Å². The zero-order valence-electron chi connectivity index (χ0n) is 16.8. The van der Waals surface area contributed by atoms with Gasteiger partial charge in [-0.2, -0.15) is 5.10 Å². The lowest BCUT2D eigenvalue weighted by Crippen LogP contribution is -1.98. The molecule has 0 atom stereocenters. The molecule has 0 radical (unpaired) electrons. The molecule has 0 saturated carbocycles. The highest BCUT2D eigenvalue weighted by Gasteiger charge is 2.15. The fourth-order valence-corrected chi connectivity index (χ4v) is 3.53. The Labute approximate surface area is 169 Å². The van der Waals surface area contributed by atoms with E-state index in [1.807, 2.05) is 43.3 Å². The van der Waals surface area contributed by atoms with Crippen LogP contribution in [0.4, 0.5) is 17.2 Å². The fraction of sp³-hybridized carbons (Fsp3) is 0.217. The van der Waals surface area contributed by atoms with Gasteiger partial charge in [0, 0.05) is 17.6 Å². The zero-order valence-corrected chi connectivity index (χ0v) is 16.8. The zero-order chi connectivity index (χ0) is 20.4. The summed E-state index contributed by atoms with van der Waals surface area (Å²) in [5.74, 6) is 0.440. The van der Waals surface area contributed by atoms with Gasteiger partial charge in [-0.25, -0.2) is 9.53 Å². The molecule has 0 aliphatic heterocycles. The van der Waals surface area contributed by atoms with E-state index < -0.39 is 0 Å². The van der Waals surface area contributed by atoms with Crippen LogP contribution in [0.25, 0.3) is 21.4 Å². The Bertz CT molecular complexity index is 1240. The van der Waals surface area contributed by atoms with Crippen LogP contribution in [0.2, 0.25) is 0 Å². The van der Waals surface area contributed by atoms with E-state index in [1.54, 1.807) is 4.68 Å². The maximum absolute atomic E-state index is 7.48. The van der Waals surface area contributed by atoms with Gasteiger partial charge in [-0.1, -0.05) is 42.8 Å². The Morgan fingerprint density at radius 2 is 1.79 bits per heavy atom. The molecule has 4 aromatic rings. The lowest BCUT2D eigenvalue weighted by Gasteiger charge is -2.05. The van der Waals surface area contributed by atoms with Crippen molar-refractivity contribution in [2.24, 2.45) is 10.2 Å².